The number of rotatable bonds is 5. The first-order valence-corrected chi connectivity index (χ1v) is 12.8. The van der Waals surface area contributed by atoms with Crippen LogP contribution in [-0.4, -0.2) is 33.6 Å². The minimum atomic E-state index is -4.38. The molecule has 4 aromatic rings. The zero-order chi connectivity index (χ0) is 27.7. The van der Waals surface area contributed by atoms with Gasteiger partial charge in [-0.15, -0.1) is 0 Å². The Kier molecular flexibility index (Phi) is 7.66. The predicted molar refractivity (Wildman–Crippen MR) is 143 cm³/mol. The molecule has 1 aliphatic heterocycles. The number of pyridine rings is 1. The first-order chi connectivity index (χ1) is 18.6. The van der Waals surface area contributed by atoms with E-state index in [0.717, 1.165) is 29.0 Å². The summed E-state index contributed by atoms with van der Waals surface area (Å²) in [6.45, 7) is 1.78. The van der Waals surface area contributed by atoms with E-state index in [2.05, 4.69) is 15.2 Å². The zero-order valence-corrected chi connectivity index (χ0v) is 21.9. The summed E-state index contributed by atoms with van der Waals surface area (Å²) in [7, 11) is 0. The van der Waals surface area contributed by atoms with Crippen LogP contribution < -0.4 is 5.32 Å². The van der Waals surface area contributed by atoms with Gasteiger partial charge in [0.25, 0.3) is 0 Å². The molecule has 0 saturated heterocycles. The van der Waals surface area contributed by atoms with Gasteiger partial charge in [-0.1, -0.05) is 47.5 Å². The second-order valence-corrected chi connectivity index (χ2v) is 9.93. The molecule has 202 valence electrons. The highest BCUT2D eigenvalue weighted by Gasteiger charge is 2.30. The summed E-state index contributed by atoms with van der Waals surface area (Å²) in [4.78, 5) is 19.4. The Hall–Kier alpha value is -3.40. The molecule has 2 aromatic heterocycles. The average Bonchev–Trinajstić information content (AvgIpc) is 3.23. The first kappa shape index (κ1) is 27.2. The molecule has 0 fully saturated rings. The van der Waals surface area contributed by atoms with Gasteiger partial charge in [0.05, 0.1) is 16.1 Å². The molecule has 39 heavy (non-hydrogen) atoms. The van der Waals surface area contributed by atoms with E-state index in [1.807, 2.05) is 6.08 Å². The highest BCUT2D eigenvalue weighted by atomic mass is 35.5. The maximum Gasteiger partial charge on any atom is 0.416 e. The third-order valence-electron chi connectivity index (χ3n) is 6.63. The van der Waals surface area contributed by atoms with E-state index in [9.17, 15) is 22.4 Å². The summed E-state index contributed by atoms with van der Waals surface area (Å²) >= 11 is 12.3. The third kappa shape index (κ3) is 5.80. The third-order valence-corrected chi connectivity index (χ3v) is 7.21. The van der Waals surface area contributed by atoms with E-state index < -0.39 is 17.6 Å². The molecule has 0 spiro atoms. The number of hydrogen-bond donors (Lipinski definition) is 1. The number of fused-ring (bicyclic) bond motifs is 3. The Balaban J connectivity index is 1.36. The number of halogens is 6. The minimum absolute atomic E-state index is 0.0432. The van der Waals surface area contributed by atoms with Gasteiger partial charge in [0, 0.05) is 49.9 Å². The molecule has 1 N–H and O–H groups in total. The normalized spacial score (nSPS) is 14.2. The molecule has 0 unspecified atom stereocenters. The van der Waals surface area contributed by atoms with Crippen LogP contribution in [-0.2, 0) is 25.7 Å². The molecular formula is C28H22Cl2F4N4O. The molecular weight excluding hydrogens is 555 g/mol. The Morgan fingerprint density at radius 1 is 1.10 bits per heavy atom. The van der Waals surface area contributed by atoms with Gasteiger partial charge in [-0.3, -0.25) is 9.47 Å². The van der Waals surface area contributed by atoms with Crippen molar-refractivity contribution in [3.05, 3.63) is 105 Å². The van der Waals surface area contributed by atoms with Crippen molar-refractivity contribution in [3.8, 4) is 0 Å². The van der Waals surface area contributed by atoms with E-state index >= 15 is 0 Å². The standard InChI is InChI=1S/C28H22Cl2F4N4O/c29-24-14-18(9-11-35-24)15-36-27(39)38-22-10-13-37(16-20(22)25-23(38)8-7-21(31)26(25)30)12-1-2-17-3-5-19(6-4-17)28(32,33)34/h1-9,11,14H,10,12-13,15-16H2,(H,36,39)/b2-1+. The molecule has 3 heterocycles. The van der Waals surface area contributed by atoms with Crippen molar-refractivity contribution in [2.75, 3.05) is 13.1 Å². The van der Waals surface area contributed by atoms with Crippen molar-refractivity contribution in [2.45, 2.75) is 25.7 Å². The summed E-state index contributed by atoms with van der Waals surface area (Å²) in [6, 6.07) is 10.8. The summed E-state index contributed by atoms with van der Waals surface area (Å²) in [5.74, 6) is -0.574. The van der Waals surface area contributed by atoms with Gasteiger partial charge in [-0.25, -0.2) is 14.2 Å². The van der Waals surface area contributed by atoms with Crippen LogP contribution in [0.3, 0.4) is 0 Å². The van der Waals surface area contributed by atoms with Crippen LogP contribution in [0.15, 0.2) is 60.8 Å². The van der Waals surface area contributed by atoms with Crippen molar-refractivity contribution in [1.29, 1.82) is 0 Å². The molecule has 5 nitrogen and oxygen atoms in total. The maximum absolute atomic E-state index is 14.5. The Bertz CT molecular complexity index is 1560. The van der Waals surface area contributed by atoms with Gasteiger partial charge in [0.1, 0.15) is 11.0 Å². The lowest BCUT2D eigenvalue weighted by atomic mass is 10.0. The summed E-state index contributed by atoms with van der Waals surface area (Å²) in [5.41, 5.74) is 2.77. The quantitative estimate of drug-likeness (QED) is 0.200. The molecule has 1 amide bonds. The Morgan fingerprint density at radius 3 is 2.59 bits per heavy atom. The topological polar surface area (TPSA) is 50.2 Å². The Morgan fingerprint density at radius 2 is 1.87 bits per heavy atom. The van der Waals surface area contributed by atoms with Crippen molar-refractivity contribution < 1.29 is 22.4 Å². The lowest BCUT2D eigenvalue weighted by molar-refractivity contribution is -0.137. The zero-order valence-electron chi connectivity index (χ0n) is 20.4. The van der Waals surface area contributed by atoms with Gasteiger partial charge in [-0.05, 0) is 53.1 Å². The number of benzene rings is 2. The van der Waals surface area contributed by atoms with E-state index in [0.29, 0.717) is 47.7 Å². The van der Waals surface area contributed by atoms with Crippen LogP contribution in [0.5, 0.6) is 0 Å². The summed E-state index contributed by atoms with van der Waals surface area (Å²) in [5, 5.41) is 3.65. The van der Waals surface area contributed by atoms with Gasteiger partial charge in [-0.2, -0.15) is 13.2 Å². The first-order valence-electron chi connectivity index (χ1n) is 12.1. The molecule has 5 rings (SSSR count). The maximum atomic E-state index is 14.5. The fourth-order valence-electron chi connectivity index (χ4n) is 4.76. The summed E-state index contributed by atoms with van der Waals surface area (Å²) < 4.78 is 54.4. The highest BCUT2D eigenvalue weighted by molar-refractivity contribution is 6.36. The van der Waals surface area contributed by atoms with Gasteiger partial charge < -0.3 is 5.32 Å². The number of carbonyl (C=O) groups is 1. The molecule has 2 aromatic carbocycles. The van der Waals surface area contributed by atoms with E-state index in [1.165, 1.54) is 18.2 Å². The Labute approximate surface area is 231 Å². The monoisotopic (exact) mass is 576 g/mol. The number of nitrogens with zero attached hydrogens (tertiary/aromatic N) is 3. The van der Waals surface area contributed by atoms with Crippen LogP contribution in [0, 0.1) is 5.82 Å². The van der Waals surface area contributed by atoms with Crippen LogP contribution >= 0.6 is 23.2 Å². The molecule has 0 aliphatic carbocycles. The fourth-order valence-corrected chi connectivity index (χ4v) is 5.23. The largest absolute Gasteiger partial charge is 0.416 e. The molecule has 0 saturated carbocycles. The van der Waals surface area contributed by atoms with E-state index in [-0.39, 0.29) is 17.6 Å². The van der Waals surface area contributed by atoms with Crippen molar-refractivity contribution in [2.24, 2.45) is 0 Å². The minimum Gasteiger partial charge on any atom is -0.333 e. The molecule has 0 atom stereocenters. The van der Waals surface area contributed by atoms with Gasteiger partial charge in [0.2, 0.25) is 0 Å². The molecule has 0 radical (unpaired) electrons. The van der Waals surface area contributed by atoms with Crippen LogP contribution in [0.1, 0.15) is 27.9 Å². The average molecular weight is 577 g/mol. The number of hydrogen-bond acceptors (Lipinski definition) is 3. The van der Waals surface area contributed by atoms with E-state index in [1.54, 1.807) is 35.0 Å². The number of carbonyl (C=O) groups excluding carboxylic acids is 1. The fraction of sp³-hybridized carbons (Fsp3) is 0.214. The SMILES string of the molecule is O=C(NCc1ccnc(Cl)c1)n1c2c(c3c(Cl)c(F)ccc31)CN(C/C=C/c1ccc(C(F)(F)F)cc1)CC2. The van der Waals surface area contributed by atoms with Crippen molar-refractivity contribution in [1.82, 2.24) is 19.8 Å². The van der Waals surface area contributed by atoms with Crippen LogP contribution in [0.25, 0.3) is 17.0 Å². The number of aromatic nitrogens is 2. The molecule has 1 aliphatic rings. The van der Waals surface area contributed by atoms with Crippen LogP contribution in [0.2, 0.25) is 10.2 Å². The van der Waals surface area contributed by atoms with Crippen molar-refractivity contribution in [3.63, 3.8) is 0 Å². The van der Waals surface area contributed by atoms with Crippen molar-refractivity contribution >= 4 is 46.2 Å². The second-order valence-electron chi connectivity index (χ2n) is 9.17. The molecule has 11 heteroatoms. The smallest absolute Gasteiger partial charge is 0.333 e. The lowest BCUT2D eigenvalue weighted by Gasteiger charge is -2.27. The lowest BCUT2D eigenvalue weighted by Crippen LogP contribution is -2.34. The van der Waals surface area contributed by atoms with Gasteiger partial charge >= 0.3 is 12.2 Å². The van der Waals surface area contributed by atoms with Gasteiger partial charge in [0.15, 0.2) is 0 Å². The predicted octanol–water partition coefficient (Wildman–Crippen LogP) is 7.33. The number of amides is 1. The molecule has 0 bridgehead atoms. The number of alkyl halides is 3. The summed E-state index contributed by atoms with van der Waals surface area (Å²) in [6.07, 6.45) is 1.31. The van der Waals surface area contributed by atoms with Crippen LogP contribution in [0.4, 0.5) is 22.4 Å². The second kappa shape index (κ2) is 11.0. The number of nitrogens with one attached hydrogen (secondary N) is 1. The van der Waals surface area contributed by atoms with E-state index in [4.69, 9.17) is 23.2 Å². The highest BCUT2D eigenvalue weighted by Crippen LogP contribution is 2.37.